The first-order valence-electron chi connectivity index (χ1n) is 7.02. The van der Waals surface area contributed by atoms with Crippen molar-refractivity contribution in [3.8, 4) is 6.07 Å². The summed E-state index contributed by atoms with van der Waals surface area (Å²) in [5, 5.41) is 23.3. The van der Waals surface area contributed by atoms with E-state index in [0.29, 0.717) is 16.3 Å². The molecule has 25 heavy (non-hydrogen) atoms. The number of benzene rings is 2. The average molecular weight is 381 g/mol. The summed E-state index contributed by atoms with van der Waals surface area (Å²) in [6.07, 6.45) is 0. The first kappa shape index (κ1) is 18.7. The number of hydrogen-bond donors (Lipinski definition) is 2. The third kappa shape index (κ3) is 4.67. The number of rotatable bonds is 7. The fourth-order valence-corrected chi connectivity index (χ4v) is 3.43. The molecule has 10 heteroatoms. The molecule has 0 aliphatic heterocycles. The average Bonchev–Trinajstić information content (AvgIpc) is 2.59. The zero-order valence-electron chi connectivity index (χ0n) is 12.8. The third-order valence-corrected chi connectivity index (χ3v) is 4.93. The summed E-state index contributed by atoms with van der Waals surface area (Å²) >= 11 is 5.86. The van der Waals surface area contributed by atoms with Crippen molar-refractivity contribution in [2.75, 3.05) is 18.4 Å². The lowest BCUT2D eigenvalue weighted by Gasteiger charge is -2.10. The molecule has 0 saturated carbocycles. The molecule has 0 heterocycles. The monoisotopic (exact) mass is 380 g/mol. The molecule has 130 valence electrons. The molecule has 0 bridgehead atoms. The van der Waals surface area contributed by atoms with Crippen molar-refractivity contribution in [3.05, 3.63) is 63.2 Å². The highest BCUT2D eigenvalue weighted by atomic mass is 35.5. The van der Waals surface area contributed by atoms with E-state index in [-0.39, 0.29) is 13.1 Å². The second-order valence-corrected chi connectivity index (χ2v) is 7.02. The zero-order chi connectivity index (χ0) is 18.4. The molecule has 2 aromatic carbocycles. The Morgan fingerprint density at radius 2 is 1.92 bits per heavy atom. The van der Waals surface area contributed by atoms with Crippen molar-refractivity contribution in [1.29, 1.82) is 5.26 Å². The van der Waals surface area contributed by atoms with E-state index >= 15 is 0 Å². The first-order valence-corrected chi connectivity index (χ1v) is 8.88. The van der Waals surface area contributed by atoms with E-state index in [9.17, 15) is 18.5 Å². The summed E-state index contributed by atoms with van der Waals surface area (Å²) < 4.78 is 26.7. The lowest BCUT2D eigenvalue weighted by molar-refractivity contribution is -0.387. The SMILES string of the molecule is N#Cc1ccc(Cl)cc1NCCNS(=O)(=O)c1ccccc1[N+](=O)[O-]. The van der Waals surface area contributed by atoms with Crippen LogP contribution in [0, 0.1) is 21.4 Å². The quantitative estimate of drug-likeness (QED) is 0.432. The van der Waals surface area contributed by atoms with E-state index in [2.05, 4.69) is 10.0 Å². The molecule has 0 aromatic heterocycles. The van der Waals surface area contributed by atoms with Crippen LogP contribution in [0.1, 0.15) is 5.56 Å². The van der Waals surface area contributed by atoms with Crippen LogP contribution in [0.2, 0.25) is 5.02 Å². The normalized spacial score (nSPS) is 10.9. The molecule has 0 amide bonds. The lowest BCUT2D eigenvalue weighted by Crippen LogP contribution is -2.29. The summed E-state index contributed by atoms with van der Waals surface area (Å²) in [7, 11) is -4.04. The second-order valence-electron chi connectivity index (χ2n) is 4.85. The molecule has 0 radical (unpaired) electrons. The Morgan fingerprint density at radius 1 is 1.20 bits per heavy atom. The van der Waals surface area contributed by atoms with Gasteiger partial charge in [-0.3, -0.25) is 10.1 Å². The van der Waals surface area contributed by atoms with Gasteiger partial charge in [-0.05, 0) is 24.3 Å². The van der Waals surface area contributed by atoms with Crippen LogP contribution in [0.4, 0.5) is 11.4 Å². The van der Waals surface area contributed by atoms with Gasteiger partial charge in [0.1, 0.15) is 6.07 Å². The van der Waals surface area contributed by atoms with Gasteiger partial charge in [-0.15, -0.1) is 0 Å². The predicted octanol–water partition coefficient (Wildman–Crippen LogP) is 2.51. The van der Waals surface area contributed by atoms with Gasteiger partial charge in [-0.1, -0.05) is 23.7 Å². The fraction of sp³-hybridized carbons (Fsp3) is 0.133. The van der Waals surface area contributed by atoms with Crippen molar-refractivity contribution in [2.45, 2.75) is 4.90 Å². The Balaban J connectivity index is 2.04. The number of halogens is 1. The fourth-order valence-electron chi connectivity index (χ4n) is 2.06. The van der Waals surface area contributed by atoms with E-state index in [1.807, 2.05) is 6.07 Å². The van der Waals surface area contributed by atoms with Gasteiger partial charge in [0.2, 0.25) is 10.0 Å². The summed E-state index contributed by atoms with van der Waals surface area (Å²) in [5.41, 5.74) is 0.343. The highest BCUT2D eigenvalue weighted by Crippen LogP contribution is 2.23. The molecule has 0 unspecified atom stereocenters. The zero-order valence-corrected chi connectivity index (χ0v) is 14.3. The van der Waals surface area contributed by atoms with E-state index in [4.69, 9.17) is 16.9 Å². The first-order chi connectivity index (χ1) is 11.8. The Kier molecular flexibility index (Phi) is 5.93. The Morgan fingerprint density at radius 3 is 2.60 bits per heavy atom. The standard InChI is InChI=1S/C15H13ClN4O4S/c16-12-6-5-11(10-17)13(9-12)18-7-8-19-25(23,24)15-4-2-1-3-14(15)20(21)22/h1-6,9,18-19H,7-8H2. The number of hydrogen-bond acceptors (Lipinski definition) is 6. The van der Waals surface area contributed by atoms with Crippen LogP contribution in [0.15, 0.2) is 47.4 Å². The van der Waals surface area contributed by atoms with Crippen LogP contribution in [-0.4, -0.2) is 26.4 Å². The van der Waals surface area contributed by atoms with Crippen LogP contribution in [0.3, 0.4) is 0 Å². The van der Waals surface area contributed by atoms with Gasteiger partial charge in [0.05, 0.1) is 16.2 Å². The van der Waals surface area contributed by atoms with Crippen LogP contribution in [-0.2, 0) is 10.0 Å². The van der Waals surface area contributed by atoms with Crippen molar-refractivity contribution in [1.82, 2.24) is 4.72 Å². The largest absolute Gasteiger partial charge is 0.383 e. The Labute approximate surface area is 149 Å². The van der Waals surface area contributed by atoms with Gasteiger partial charge in [-0.2, -0.15) is 5.26 Å². The van der Waals surface area contributed by atoms with Crippen LogP contribution < -0.4 is 10.0 Å². The van der Waals surface area contributed by atoms with E-state index < -0.39 is 25.5 Å². The van der Waals surface area contributed by atoms with Crippen LogP contribution in [0.25, 0.3) is 0 Å². The predicted molar refractivity (Wildman–Crippen MR) is 92.9 cm³/mol. The lowest BCUT2D eigenvalue weighted by atomic mass is 10.2. The molecular weight excluding hydrogens is 368 g/mol. The molecule has 2 aromatic rings. The molecule has 0 aliphatic rings. The number of nitrogens with zero attached hydrogens (tertiary/aromatic N) is 2. The highest BCUT2D eigenvalue weighted by Gasteiger charge is 2.24. The minimum atomic E-state index is -4.04. The Hall–Kier alpha value is -2.67. The van der Waals surface area contributed by atoms with Gasteiger partial charge in [0.15, 0.2) is 4.90 Å². The van der Waals surface area contributed by atoms with Gasteiger partial charge in [0.25, 0.3) is 5.69 Å². The maximum atomic E-state index is 12.2. The molecule has 0 aliphatic carbocycles. The van der Waals surface area contributed by atoms with Gasteiger partial charge < -0.3 is 5.32 Å². The molecule has 0 saturated heterocycles. The number of nitrogens with one attached hydrogen (secondary N) is 2. The van der Waals surface area contributed by atoms with Gasteiger partial charge in [-0.25, -0.2) is 13.1 Å². The summed E-state index contributed by atoms with van der Waals surface area (Å²) in [4.78, 5) is 9.79. The number of sulfonamides is 1. The van der Waals surface area contributed by atoms with Crippen molar-refractivity contribution < 1.29 is 13.3 Å². The minimum absolute atomic E-state index is 0.0359. The molecule has 2 rings (SSSR count). The molecule has 8 nitrogen and oxygen atoms in total. The molecule has 0 spiro atoms. The van der Waals surface area contributed by atoms with Gasteiger partial charge >= 0.3 is 0 Å². The Bertz CT molecular complexity index is 941. The number of nitro groups is 1. The van der Waals surface area contributed by atoms with Crippen molar-refractivity contribution in [2.24, 2.45) is 0 Å². The molecule has 0 atom stereocenters. The second kappa shape index (κ2) is 7.94. The highest BCUT2D eigenvalue weighted by molar-refractivity contribution is 7.89. The van der Waals surface area contributed by atoms with E-state index in [0.717, 1.165) is 6.07 Å². The number of nitriles is 1. The maximum absolute atomic E-state index is 12.2. The summed E-state index contributed by atoms with van der Waals surface area (Å²) in [6, 6.07) is 11.7. The van der Waals surface area contributed by atoms with Crippen LogP contribution >= 0.6 is 11.6 Å². The number of anilines is 1. The minimum Gasteiger partial charge on any atom is -0.383 e. The van der Waals surface area contributed by atoms with Gasteiger partial charge in [0, 0.05) is 24.2 Å². The molecule has 2 N–H and O–H groups in total. The summed E-state index contributed by atoms with van der Waals surface area (Å²) in [6.45, 7) is 0.126. The van der Waals surface area contributed by atoms with Crippen molar-refractivity contribution >= 4 is 33.0 Å². The molecular formula is C15H13ClN4O4S. The number of para-hydroxylation sites is 1. The van der Waals surface area contributed by atoms with E-state index in [1.165, 1.54) is 18.2 Å². The number of nitro benzene ring substituents is 1. The topological polar surface area (TPSA) is 125 Å². The third-order valence-electron chi connectivity index (χ3n) is 3.19. The molecule has 0 fully saturated rings. The summed E-state index contributed by atoms with van der Waals surface area (Å²) in [5.74, 6) is 0. The van der Waals surface area contributed by atoms with Crippen LogP contribution in [0.5, 0.6) is 0 Å². The van der Waals surface area contributed by atoms with Crippen molar-refractivity contribution in [3.63, 3.8) is 0 Å². The smallest absolute Gasteiger partial charge is 0.289 e. The maximum Gasteiger partial charge on any atom is 0.289 e. The van der Waals surface area contributed by atoms with E-state index in [1.54, 1.807) is 18.2 Å².